The van der Waals surface area contributed by atoms with E-state index < -0.39 is 16.1 Å². The fourth-order valence-corrected chi connectivity index (χ4v) is 4.67. The van der Waals surface area contributed by atoms with Crippen LogP contribution >= 0.6 is 23.2 Å². The molecule has 0 saturated heterocycles. The van der Waals surface area contributed by atoms with Crippen molar-refractivity contribution in [3.8, 4) is 5.75 Å². The van der Waals surface area contributed by atoms with Crippen molar-refractivity contribution in [2.75, 3.05) is 6.61 Å². The summed E-state index contributed by atoms with van der Waals surface area (Å²) in [5.41, 5.74) is 1.62. The summed E-state index contributed by atoms with van der Waals surface area (Å²) in [5, 5.41) is 3.35. The van der Waals surface area contributed by atoms with Crippen molar-refractivity contribution >= 4 is 39.1 Å². The third-order valence-electron chi connectivity index (χ3n) is 4.64. The molecule has 0 bridgehead atoms. The summed E-state index contributed by atoms with van der Waals surface area (Å²) < 4.78 is 33.5. The summed E-state index contributed by atoms with van der Waals surface area (Å²) in [6, 6.07) is 20.1. The van der Waals surface area contributed by atoms with Crippen LogP contribution in [-0.2, 0) is 21.4 Å². The molecule has 0 unspecified atom stereocenters. The molecule has 9 heteroatoms. The monoisotopic (exact) mass is 492 g/mol. The maximum Gasteiger partial charge on any atom is 0.258 e. The van der Waals surface area contributed by atoms with E-state index in [4.69, 9.17) is 27.9 Å². The molecule has 0 radical (unpaired) electrons. The largest absolute Gasteiger partial charge is 0.482 e. The highest BCUT2D eigenvalue weighted by Crippen LogP contribution is 2.28. The SMILES string of the molecule is C[C@@H](NS(=O)(=O)c1ccc(OCC(=O)NCc2ccccc2Cl)c(Cl)c1)c1ccccc1. The molecule has 32 heavy (non-hydrogen) atoms. The molecule has 3 aromatic rings. The number of rotatable bonds is 9. The van der Waals surface area contributed by atoms with E-state index in [1.54, 1.807) is 19.1 Å². The van der Waals surface area contributed by atoms with Crippen LogP contribution in [0, 0.1) is 0 Å². The van der Waals surface area contributed by atoms with Crippen molar-refractivity contribution in [3.63, 3.8) is 0 Å². The highest BCUT2D eigenvalue weighted by Gasteiger charge is 2.20. The van der Waals surface area contributed by atoms with E-state index in [0.717, 1.165) is 11.1 Å². The number of sulfonamides is 1. The van der Waals surface area contributed by atoms with Gasteiger partial charge in [-0.1, -0.05) is 71.7 Å². The van der Waals surface area contributed by atoms with Crippen molar-refractivity contribution in [1.29, 1.82) is 0 Å². The number of hydrogen-bond donors (Lipinski definition) is 2. The number of ether oxygens (including phenoxy) is 1. The molecule has 168 valence electrons. The molecular weight excluding hydrogens is 471 g/mol. The van der Waals surface area contributed by atoms with Crippen LogP contribution in [0.1, 0.15) is 24.1 Å². The van der Waals surface area contributed by atoms with Gasteiger partial charge in [-0.25, -0.2) is 13.1 Å². The molecule has 0 spiro atoms. The average molecular weight is 493 g/mol. The van der Waals surface area contributed by atoms with E-state index >= 15 is 0 Å². The first-order valence-electron chi connectivity index (χ1n) is 9.76. The summed E-state index contributed by atoms with van der Waals surface area (Å²) in [7, 11) is -3.80. The van der Waals surface area contributed by atoms with Gasteiger partial charge in [0.2, 0.25) is 10.0 Å². The Kier molecular flexibility index (Phi) is 8.15. The predicted molar refractivity (Wildman–Crippen MR) is 125 cm³/mol. The third kappa shape index (κ3) is 6.46. The zero-order valence-electron chi connectivity index (χ0n) is 17.2. The van der Waals surface area contributed by atoms with Crippen LogP contribution in [0.15, 0.2) is 77.7 Å². The van der Waals surface area contributed by atoms with Crippen molar-refractivity contribution in [3.05, 3.63) is 94.0 Å². The summed E-state index contributed by atoms with van der Waals surface area (Å²) in [5.74, 6) is -0.161. The van der Waals surface area contributed by atoms with Crippen LogP contribution in [-0.4, -0.2) is 20.9 Å². The first kappa shape index (κ1) is 24.1. The zero-order chi connectivity index (χ0) is 23.1. The van der Waals surface area contributed by atoms with Crippen LogP contribution in [0.5, 0.6) is 5.75 Å². The quantitative estimate of drug-likeness (QED) is 0.452. The second-order valence-electron chi connectivity index (χ2n) is 7.00. The molecule has 0 heterocycles. The molecule has 6 nitrogen and oxygen atoms in total. The lowest BCUT2D eigenvalue weighted by Crippen LogP contribution is -2.28. The lowest BCUT2D eigenvalue weighted by Gasteiger charge is -2.15. The minimum absolute atomic E-state index is 0.000743. The number of nitrogens with one attached hydrogen (secondary N) is 2. The van der Waals surface area contributed by atoms with Gasteiger partial charge in [-0.3, -0.25) is 4.79 Å². The molecule has 0 aliphatic heterocycles. The van der Waals surface area contributed by atoms with E-state index in [2.05, 4.69) is 10.0 Å². The Bertz CT molecular complexity index is 1190. The van der Waals surface area contributed by atoms with Gasteiger partial charge in [0.05, 0.1) is 9.92 Å². The van der Waals surface area contributed by atoms with E-state index in [1.807, 2.05) is 42.5 Å². The molecule has 1 amide bonds. The fourth-order valence-electron chi connectivity index (χ4n) is 2.91. The lowest BCUT2D eigenvalue weighted by atomic mass is 10.1. The van der Waals surface area contributed by atoms with E-state index in [9.17, 15) is 13.2 Å². The van der Waals surface area contributed by atoms with Crippen molar-refractivity contribution in [2.24, 2.45) is 0 Å². The Morgan fingerprint density at radius 3 is 2.34 bits per heavy atom. The molecule has 0 saturated carbocycles. The Hall–Kier alpha value is -2.58. The van der Waals surface area contributed by atoms with E-state index in [0.29, 0.717) is 5.02 Å². The fraction of sp³-hybridized carbons (Fsp3) is 0.174. The van der Waals surface area contributed by atoms with Crippen LogP contribution in [0.25, 0.3) is 0 Å². The topological polar surface area (TPSA) is 84.5 Å². The highest BCUT2D eigenvalue weighted by atomic mass is 35.5. The predicted octanol–water partition coefficient (Wildman–Crippen LogP) is 4.73. The molecule has 3 rings (SSSR count). The van der Waals surface area contributed by atoms with E-state index in [1.165, 1.54) is 18.2 Å². The van der Waals surface area contributed by atoms with Gasteiger partial charge >= 0.3 is 0 Å². The second kappa shape index (κ2) is 10.8. The summed E-state index contributed by atoms with van der Waals surface area (Å²) in [6.45, 7) is 1.74. The first-order valence-corrected chi connectivity index (χ1v) is 12.0. The minimum atomic E-state index is -3.80. The van der Waals surface area contributed by atoms with Gasteiger partial charge in [0, 0.05) is 17.6 Å². The third-order valence-corrected chi connectivity index (χ3v) is 6.84. The lowest BCUT2D eigenvalue weighted by molar-refractivity contribution is -0.123. The maximum absolute atomic E-state index is 12.7. The maximum atomic E-state index is 12.7. The van der Waals surface area contributed by atoms with Crippen LogP contribution in [0.2, 0.25) is 10.0 Å². The van der Waals surface area contributed by atoms with Crippen molar-refractivity contribution in [2.45, 2.75) is 24.4 Å². The number of halogens is 2. The molecular formula is C23H22Cl2N2O4S. The van der Waals surface area contributed by atoms with Crippen molar-refractivity contribution < 1.29 is 17.9 Å². The average Bonchev–Trinajstić information content (AvgIpc) is 2.78. The van der Waals surface area contributed by atoms with Gasteiger partial charge in [0.15, 0.2) is 6.61 Å². The highest BCUT2D eigenvalue weighted by molar-refractivity contribution is 7.89. The number of carbonyl (C=O) groups excluding carboxylic acids is 1. The zero-order valence-corrected chi connectivity index (χ0v) is 19.5. The van der Waals surface area contributed by atoms with Gasteiger partial charge in [-0.05, 0) is 42.3 Å². The second-order valence-corrected chi connectivity index (χ2v) is 9.53. The van der Waals surface area contributed by atoms with Crippen LogP contribution < -0.4 is 14.8 Å². The number of hydrogen-bond acceptors (Lipinski definition) is 4. The molecule has 0 fully saturated rings. The Labute approximate surface area is 197 Å². The molecule has 0 aliphatic carbocycles. The number of amides is 1. The molecule has 0 aliphatic rings. The summed E-state index contributed by atoms with van der Waals surface area (Å²) in [4.78, 5) is 12.1. The van der Waals surface area contributed by atoms with Gasteiger partial charge in [-0.2, -0.15) is 0 Å². The molecule has 3 aromatic carbocycles. The first-order chi connectivity index (χ1) is 15.3. The van der Waals surface area contributed by atoms with Crippen LogP contribution in [0.4, 0.5) is 0 Å². The summed E-state index contributed by atoms with van der Waals surface area (Å²) >= 11 is 12.3. The smallest absolute Gasteiger partial charge is 0.258 e. The number of benzene rings is 3. The Morgan fingerprint density at radius 1 is 0.969 bits per heavy atom. The van der Waals surface area contributed by atoms with Gasteiger partial charge in [-0.15, -0.1) is 0 Å². The molecule has 1 atom stereocenters. The van der Waals surface area contributed by atoms with Gasteiger partial charge in [0.1, 0.15) is 5.75 Å². The Balaban J connectivity index is 1.58. The van der Waals surface area contributed by atoms with Crippen molar-refractivity contribution in [1.82, 2.24) is 10.0 Å². The van der Waals surface area contributed by atoms with E-state index in [-0.39, 0.29) is 34.7 Å². The van der Waals surface area contributed by atoms with Gasteiger partial charge < -0.3 is 10.1 Å². The van der Waals surface area contributed by atoms with Gasteiger partial charge in [0.25, 0.3) is 5.91 Å². The Morgan fingerprint density at radius 2 is 1.66 bits per heavy atom. The standard InChI is InChI=1S/C23H22Cl2N2O4S/c1-16(17-7-3-2-4-8-17)27-32(29,30)19-11-12-22(21(25)13-19)31-15-23(28)26-14-18-9-5-6-10-20(18)24/h2-13,16,27H,14-15H2,1H3,(H,26,28)/t16-/m1/s1. The summed E-state index contributed by atoms with van der Waals surface area (Å²) in [6.07, 6.45) is 0. The minimum Gasteiger partial charge on any atom is -0.482 e. The molecule has 0 aromatic heterocycles. The van der Waals surface area contributed by atoms with Crippen LogP contribution in [0.3, 0.4) is 0 Å². The normalized spacial score (nSPS) is 12.2. The number of carbonyl (C=O) groups is 1. The molecule has 2 N–H and O–H groups in total.